The van der Waals surface area contributed by atoms with Crippen LogP contribution < -0.4 is 15.9 Å². The lowest BCUT2D eigenvalue weighted by Crippen LogP contribution is -2.52. The summed E-state index contributed by atoms with van der Waals surface area (Å²) in [5.74, 6) is -0.859. The van der Waals surface area contributed by atoms with E-state index in [-0.39, 0.29) is 36.7 Å². The molecule has 0 aliphatic carbocycles. The molecule has 1 N–H and O–H groups in total. The number of carbonyl (C=O) groups is 1. The van der Waals surface area contributed by atoms with E-state index in [0.29, 0.717) is 55.1 Å². The summed E-state index contributed by atoms with van der Waals surface area (Å²) in [6.07, 6.45) is -4.13. The largest absolute Gasteiger partial charge is 0.416 e. The summed E-state index contributed by atoms with van der Waals surface area (Å²) in [4.78, 5) is 33.0. The van der Waals surface area contributed by atoms with Gasteiger partial charge in [0.25, 0.3) is 11.5 Å². The number of alkyl halides is 3. The molecule has 1 fully saturated rings. The highest BCUT2D eigenvalue weighted by Gasteiger charge is 2.31. The van der Waals surface area contributed by atoms with Crippen molar-refractivity contribution in [1.82, 2.24) is 14.6 Å². The zero-order chi connectivity index (χ0) is 27.7. The summed E-state index contributed by atoms with van der Waals surface area (Å²) in [6, 6.07) is 9.17. The van der Waals surface area contributed by atoms with Crippen LogP contribution in [0.2, 0.25) is 0 Å². The first-order valence-electron chi connectivity index (χ1n) is 12.5. The average Bonchev–Trinajstić information content (AvgIpc) is 2.92. The van der Waals surface area contributed by atoms with Crippen molar-refractivity contribution in [3.05, 3.63) is 92.1 Å². The predicted molar refractivity (Wildman–Crippen MR) is 136 cm³/mol. The zero-order valence-corrected chi connectivity index (χ0v) is 21.2. The molecule has 0 radical (unpaired) electrons. The number of carbonyl (C=O) groups excluding carboxylic acids is 1. The molecular formula is C27H27F4N5O3. The van der Waals surface area contributed by atoms with Crippen LogP contribution in [0.15, 0.2) is 47.3 Å². The number of fused-ring (bicyclic) bond motifs is 1. The van der Waals surface area contributed by atoms with Crippen molar-refractivity contribution in [2.24, 2.45) is 0 Å². The quantitative estimate of drug-likeness (QED) is 0.495. The van der Waals surface area contributed by atoms with Crippen molar-refractivity contribution in [2.45, 2.75) is 32.6 Å². The van der Waals surface area contributed by atoms with E-state index in [2.05, 4.69) is 5.32 Å². The first-order valence-corrected chi connectivity index (χ1v) is 12.5. The number of benzene rings is 2. The number of hydrogen-bond donors (Lipinski definition) is 1. The highest BCUT2D eigenvalue weighted by atomic mass is 19.4. The van der Waals surface area contributed by atoms with Gasteiger partial charge in [0.05, 0.1) is 55.2 Å². The maximum absolute atomic E-state index is 14.5. The van der Waals surface area contributed by atoms with Gasteiger partial charge in [0.15, 0.2) is 0 Å². The molecule has 1 aromatic heterocycles. The molecule has 0 bridgehead atoms. The Morgan fingerprint density at radius 2 is 1.79 bits per heavy atom. The van der Waals surface area contributed by atoms with Crippen LogP contribution in [-0.4, -0.2) is 53.3 Å². The molecule has 39 heavy (non-hydrogen) atoms. The summed E-state index contributed by atoms with van der Waals surface area (Å²) in [5, 5.41) is 4.89. The molecular weight excluding hydrogens is 518 g/mol. The molecule has 3 heterocycles. The number of aromatic nitrogens is 2. The lowest BCUT2D eigenvalue weighted by Gasteiger charge is -2.34. The van der Waals surface area contributed by atoms with Crippen molar-refractivity contribution in [3.8, 4) is 0 Å². The van der Waals surface area contributed by atoms with Crippen LogP contribution in [0, 0.1) is 12.7 Å². The van der Waals surface area contributed by atoms with Crippen LogP contribution in [0.5, 0.6) is 0 Å². The van der Waals surface area contributed by atoms with Gasteiger partial charge in [0.1, 0.15) is 5.82 Å². The summed E-state index contributed by atoms with van der Waals surface area (Å²) in [5.41, 5.74) is 0.982. The minimum absolute atomic E-state index is 0.0170. The summed E-state index contributed by atoms with van der Waals surface area (Å²) in [7, 11) is 0. The Morgan fingerprint density at radius 3 is 2.46 bits per heavy atom. The highest BCUT2D eigenvalue weighted by Crippen LogP contribution is 2.29. The van der Waals surface area contributed by atoms with Crippen LogP contribution in [0.25, 0.3) is 0 Å². The minimum atomic E-state index is -4.43. The number of anilines is 1. The molecule has 2 aliphatic rings. The third-order valence-electron chi connectivity index (χ3n) is 6.85. The monoisotopic (exact) mass is 545 g/mol. The van der Waals surface area contributed by atoms with E-state index in [9.17, 15) is 27.2 Å². The van der Waals surface area contributed by atoms with E-state index in [1.54, 1.807) is 18.0 Å². The van der Waals surface area contributed by atoms with Crippen LogP contribution in [0.1, 0.15) is 38.3 Å². The summed E-state index contributed by atoms with van der Waals surface area (Å²) < 4.78 is 60.1. The second kappa shape index (κ2) is 10.7. The number of nitrogens with one attached hydrogen (secondary N) is 1. The van der Waals surface area contributed by atoms with Crippen molar-refractivity contribution >= 4 is 11.9 Å². The van der Waals surface area contributed by atoms with Crippen molar-refractivity contribution in [2.75, 3.05) is 43.2 Å². The van der Waals surface area contributed by atoms with E-state index >= 15 is 0 Å². The molecule has 0 unspecified atom stereocenters. The van der Waals surface area contributed by atoms with Crippen LogP contribution in [-0.2, 0) is 30.4 Å². The molecule has 206 valence electrons. The van der Waals surface area contributed by atoms with Crippen LogP contribution >= 0.6 is 0 Å². The fourth-order valence-corrected chi connectivity index (χ4v) is 4.73. The Hall–Kier alpha value is -3.93. The van der Waals surface area contributed by atoms with E-state index in [1.165, 1.54) is 33.8 Å². The number of ether oxygens (including phenoxy) is 1. The van der Waals surface area contributed by atoms with Crippen LogP contribution in [0.3, 0.4) is 0 Å². The molecule has 0 atom stereocenters. The second-order valence-corrected chi connectivity index (χ2v) is 9.55. The Balaban J connectivity index is 1.43. The third-order valence-corrected chi connectivity index (χ3v) is 6.85. The normalized spacial score (nSPS) is 15.7. The molecule has 3 aromatic rings. The molecule has 2 aliphatic heterocycles. The van der Waals surface area contributed by atoms with Crippen molar-refractivity contribution in [1.29, 1.82) is 0 Å². The fraction of sp³-hybridized carbons (Fsp3) is 0.370. The SMILES string of the molecule is Cc1ccc(C(=O)N2CCc3nc(NCc4ccc(C(F)(F)F)cc4)n(N4CCOCC4)c(=O)c3C2)c(F)c1. The minimum Gasteiger partial charge on any atom is -0.378 e. The number of aryl methyl sites for hydroxylation is 1. The van der Waals surface area contributed by atoms with Gasteiger partial charge in [-0.2, -0.15) is 17.8 Å². The fourth-order valence-electron chi connectivity index (χ4n) is 4.73. The average molecular weight is 546 g/mol. The number of hydrogen-bond acceptors (Lipinski definition) is 6. The van der Waals surface area contributed by atoms with Gasteiger partial charge >= 0.3 is 6.18 Å². The van der Waals surface area contributed by atoms with E-state index in [0.717, 1.165) is 12.1 Å². The van der Waals surface area contributed by atoms with Gasteiger partial charge in [-0.3, -0.25) is 9.59 Å². The Bertz CT molecular complexity index is 1430. The number of nitrogens with zero attached hydrogens (tertiary/aromatic N) is 4. The van der Waals surface area contributed by atoms with E-state index in [4.69, 9.17) is 9.72 Å². The predicted octanol–water partition coefficient (Wildman–Crippen LogP) is 3.49. The second-order valence-electron chi connectivity index (χ2n) is 9.55. The Morgan fingerprint density at radius 1 is 1.08 bits per heavy atom. The molecule has 12 heteroatoms. The topological polar surface area (TPSA) is 79.7 Å². The Kier molecular flexibility index (Phi) is 7.30. The standard InChI is InChI=1S/C27H27F4N5O3/c1-17-2-7-20(22(28)14-17)24(37)34-9-8-23-21(16-34)25(38)36(35-10-12-39-13-11-35)26(33-23)32-15-18-3-5-19(6-4-18)27(29,30)31/h2-7,14H,8-13,15-16H2,1H3,(H,32,33). The molecule has 8 nitrogen and oxygen atoms in total. The maximum atomic E-state index is 14.5. The molecule has 0 saturated carbocycles. The number of morpholine rings is 1. The molecule has 2 aromatic carbocycles. The van der Waals surface area contributed by atoms with Crippen LogP contribution in [0.4, 0.5) is 23.5 Å². The third kappa shape index (κ3) is 5.60. The van der Waals surface area contributed by atoms with Gasteiger partial charge in [-0.25, -0.2) is 9.37 Å². The van der Waals surface area contributed by atoms with Crippen molar-refractivity contribution < 1.29 is 27.1 Å². The van der Waals surface area contributed by atoms with Gasteiger partial charge < -0.3 is 20.0 Å². The van der Waals surface area contributed by atoms with Gasteiger partial charge in [-0.15, -0.1) is 0 Å². The summed E-state index contributed by atoms with van der Waals surface area (Å²) in [6.45, 7) is 3.77. The Labute approximate surface area is 221 Å². The zero-order valence-electron chi connectivity index (χ0n) is 21.2. The van der Waals surface area contributed by atoms with E-state index < -0.39 is 23.5 Å². The number of rotatable bonds is 5. The van der Waals surface area contributed by atoms with Gasteiger partial charge in [-0.05, 0) is 42.3 Å². The molecule has 1 saturated heterocycles. The number of amides is 1. The van der Waals surface area contributed by atoms with Gasteiger partial charge in [0, 0.05) is 19.5 Å². The van der Waals surface area contributed by atoms with E-state index in [1.807, 2.05) is 0 Å². The van der Waals surface area contributed by atoms with Gasteiger partial charge in [-0.1, -0.05) is 18.2 Å². The smallest absolute Gasteiger partial charge is 0.378 e. The molecule has 0 spiro atoms. The first-order chi connectivity index (χ1) is 18.6. The summed E-state index contributed by atoms with van der Waals surface area (Å²) >= 11 is 0. The number of halogens is 4. The maximum Gasteiger partial charge on any atom is 0.416 e. The van der Waals surface area contributed by atoms with Gasteiger partial charge in [0.2, 0.25) is 5.95 Å². The first kappa shape index (κ1) is 26.7. The highest BCUT2D eigenvalue weighted by molar-refractivity contribution is 5.94. The lowest BCUT2D eigenvalue weighted by molar-refractivity contribution is -0.137. The lowest BCUT2D eigenvalue weighted by atomic mass is 10.0. The molecule has 1 amide bonds. The molecule has 5 rings (SSSR count). The van der Waals surface area contributed by atoms with Crippen molar-refractivity contribution in [3.63, 3.8) is 0 Å².